The molecule has 9 nitrogen and oxygen atoms in total. The number of anilines is 2. The number of rotatable bonds is 5. The van der Waals surface area contributed by atoms with Crippen molar-refractivity contribution in [1.29, 1.82) is 0 Å². The van der Waals surface area contributed by atoms with Gasteiger partial charge in [0.25, 0.3) is 6.43 Å². The van der Waals surface area contributed by atoms with Crippen molar-refractivity contribution >= 4 is 34.3 Å². The van der Waals surface area contributed by atoms with Crippen molar-refractivity contribution in [2.45, 2.75) is 19.3 Å². The molecule has 1 amide bonds. The molecule has 1 spiro atoms. The van der Waals surface area contributed by atoms with Crippen LogP contribution in [-0.2, 0) is 9.53 Å². The summed E-state index contributed by atoms with van der Waals surface area (Å²) in [6.45, 7) is 3.63. The fraction of sp³-hybridized carbons (Fsp3) is 0.348. The Morgan fingerprint density at radius 1 is 1.12 bits per heavy atom. The molecule has 0 saturated carbocycles. The minimum absolute atomic E-state index is 0.186. The highest BCUT2D eigenvalue weighted by molar-refractivity contribution is 5.97. The van der Waals surface area contributed by atoms with Crippen molar-refractivity contribution in [3.05, 3.63) is 42.5 Å². The highest BCUT2D eigenvalue weighted by Gasteiger charge is 2.44. The minimum atomic E-state index is -2.77. The van der Waals surface area contributed by atoms with Crippen molar-refractivity contribution in [1.82, 2.24) is 24.6 Å². The average Bonchev–Trinajstić information content (AvgIpc) is 3.25. The Morgan fingerprint density at radius 3 is 2.71 bits per heavy atom. The number of nitrogens with zero attached hydrogens (tertiary/aromatic N) is 6. The van der Waals surface area contributed by atoms with Gasteiger partial charge in [-0.05, 0) is 31.0 Å². The minimum Gasteiger partial charge on any atom is -0.381 e. The Balaban J connectivity index is 1.37. The number of carbonyl (C=O) groups is 1. The predicted molar refractivity (Wildman–Crippen MR) is 121 cm³/mol. The van der Waals surface area contributed by atoms with Gasteiger partial charge in [0.1, 0.15) is 11.5 Å². The van der Waals surface area contributed by atoms with Gasteiger partial charge in [-0.15, -0.1) is 5.10 Å². The van der Waals surface area contributed by atoms with Crippen LogP contribution in [0.4, 0.5) is 20.3 Å². The summed E-state index contributed by atoms with van der Waals surface area (Å²) in [7, 11) is 0. The summed E-state index contributed by atoms with van der Waals surface area (Å²) in [6.07, 6.45) is 4.44. The lowest BCUT2D eigenvalue weighted by molar-refractivity contribution is -0.105. The van der Waals surface area contributed by atoms with Crippen LogP contribution < -0.4 is 10.2 Å². The van der Waals surface area contributed by atoms with Crippen LogP contribution in [-0.4, -0.2) is 57.3 Å². The molecule has 11 heteroatoms. The lowest BCUT2D eigenvalue weighted by Crippen LogP contribution is -2.58. The van der Waals surface area contributed by atoms with Crippen molar-refractivity contribution in [2.75, 3.05) is 36.5 Å². The first-order valence-electron chi connectivity index (χ1n) is 11.0. The van der Waals surface area contributed by atoms with E-state index in [1.165, 1.54) is 18.5 Å². The van der Waals surface area contributed by atoms with Crippen LogP contribution in [0.25, 0.3) is 27.8 Å². The van der Waals surface area contributed by atoms with E-state index in [1.807, 2.05) is 18.3 Å². The fourth-order valence-corrected chi connectivity index (χ4v) is 4.89. The molecule has 0 bridgehead atoms. The molecule has 4 aromatic heterocycles. The molecular formula is C23H21F2N7O2. The first kappa shape index (κ1) is 20.8. The number of carbonyl (C=O) groups excluding carboxylic acids is 1. The van der Waals surface area contributed by atoms with Gasteiger partial charge in [-0.1, -0.05) is 0 Å². The maximum absolute atomic E-state index is 13.5. The molecule has 174 valence electrons. The largest absolute Gasteiger partial charge is 0.381 e. The summed E-state index contributed by atoms with van der Waals surface area (Å²) >= 11 is 0. The van der Waals surface area contributed by atoms with Crippen LogP contribution in [0.5, 0.6) is 0 Å². The van der Waals surface area contributed by atoms with Gasteiger partial charge in [-0.2, -0.15) is 0 Å². The molecule has 2 saturated heterocycles. The van der Waals surface area contributed by atoms with Gasteiger partial charge in [-0.3, -0.25) is 9.78 Å². The SMILES string of the molecule is O=CNc1cc2c(-c3nc4ccc(N5CC6(CCOCC6)C5)cn4n3)cnc(C(F)F)c2cn1. The van der Waals surface area contributed by atoms with Crippen molar-refractivity contribution < 1.29 is 18.3 Å². The van der Waals surface area contributed by atoms with E-state index in [-0.39, 0.29) is 16.9 Å². The first-order chi connectivity index (χ1) is 16.5. The zero-order valence-corrected chi connectivity index (χ0v) is 18.1. The lowest BCUT2D eigenvalue weighted by Gasteiger charge is -2.53. The standard InChI is InChI=1S/C23H21F2N7O2/c24-21(25)20-16-8-26-18(28-13-33)7-15(16)17(9-27-20)22-29-19-2-1-14(10-32(19)30-22)31-11-23(12-31)3-5-34-6-4-23/h1-2,7-10,13,21H,3-6,11-12H2,(H,26,28,33). The van der Waals surface area contributed by atoms with E-state index in [9.17, 15) is 13.6 Å². The zero-order chi connectivity index (χ0) is 23.3. The number of pyridine rings is 3. The summed E-state index contributed by atoms with van der Waals surface area (Å²) in [5.74, 6) is 0.587. The summed E-state index contributed by atoms with van der Waals surface area (Å²) < 4.78 is 34.3. The third-order valence-electron chi connectivity index (χ3n) is 6.74. The third-order valence-corrected chi connectivity index (χ3v) is 6.74. The van der Waals surface area contributed by atoms with E-state index in [2.05, 4.69) is 30.3 Å². The number of amides is 1. The summed E-state index contributed by atoms with van der Waals surface area (Å²) in [5, 5.41) is 7.68. The maximum Gasteiger partial charge on any atom is 0.281 e. The van der Waals surface area contributed by atoms with Crippen molar-refractivity contribution in [3.63, 3.8) is 0 Å². The molecule has 2 aliphatic rings. The number of aromatic nitrogens is 5. The molecule has 0 atom stereocenters. The molecule has 6 heterocycles. The monoisotopic (exact) mass is 465 g/mol. The van der Waals surface area contributed by atoms with Crippen LogP contribution >= 0.6 is 0 Å². The Hall–Kier alpha value is -3.73. The Morgan fingerprint density at radius 2 is 1.94 bits per heavy atom. The van der Waals surface area contributed by atoms with E-state index < -0.39 is 6.43 Å². The number of halogens is 2. The molecule has 6 rings (SSSR count). The number of nitrogens with one attached hydrogen (secondary N) is 1. The Bertz CT molecular complexity index is 1390. The number of ether oxygens (including phenoxy) is 1. The van der Waals surface area contributed by atoms with Gasteiger partial charge in [0.05, 0.1) is 11.9 Å². The Kier molecular flexibility index (Phi) is 4.87. The van der Waals surface area contributed by atoms with E-state index in [4.69, 9.17) is 4.74 Å². The molecular weight excluding hydrogens is 444 g/mol. The zero-order valence-electron chi connectivity index (χ0n) is 18.1. The van der Waals surface area contributed by atoms with Gasteiger partial charge in [0.15, 0.2) is 11.5 Å². The van der Waals surface area contributed by atoms with Crippen molar-refractivity contribution in [2.24, 2.45) is 5.41 Å². The predicted octanol–water partition coefficient (Wildman–Crippen LogP) is 3.46. The Labute approximate surface area is 192 Å². The summed E-state index contributed by atoms with van der Waals surface area (Å²) in [4.78, 5) is 25.7. The summed E-state index contributed by atoms with van der Waals surface area (Å²) in [6, 6.07) is 5.44. The molecule has 0 aromatic carbocycles. The van der Waals surface area contributed by atoms with Gasteiger partial charge in [-0.25, -0.2) is 23.3 Å². The van der Waals surface area contributed by atoms with Crippen LogP contribution in [0.1, 0.15) is 25.0 Å². The fourth-order valence-electron chi connectivity index (χ4n) is 4.89. The second kappa shape index (κ2) is 7.94. The van der Waals surface area contributed by atoms with Crippen molar-refractivity contribution in [3.8, 4) is 11.4 Å². The van der Waals surface area contributed by atoms with E-state index in [0.717, 1.165) is 44.8 Å². The molecule has 0 aliphatic carbocycles. The van der Waals surface area contributed by atoms with Crippen LogP contribution in [0.3, 0.4) is 0 Å². The average molecular weight is 465 g/mol. The topological polar surface area (TPSA) is 97.5 Å². The smallest absolute Gasteiger partial charge is 0.281 e. The molecule has 0 unspecified atom stereocenters. The molecule has 2 fully saturated rings. The van der Waals surface area contributed by atoms with Gasteiger partial charge < -0.3 is 15.0 Å². The molecule has 2 aliphatic heterocycles. The molecule has 34 heavy (non-hydrogen) atoms. The van der Waals surface area contributed by atoms with Crippen LogP contribution in [0, 0.1) is 5.41 Å². The second-order valence-electron chi connectivity index (χ2n) is 8.83. The van der Waals surface area contributed by atoms with Gasteiger partial charge >= 0.3 is 0 Å². The van der Waals surface area contributed by atoms with Crippen LogP contribution in [0.2, 0.25) is 0 Å². The maximum atomic E-state index is 13.5. The second-order valence-corrected chi connectivity index (χ2v) is 8.83. The molecule has 0 radical (unpaired) electrons. The van der Waals surface area contributed by atoms with E-state index >= 15 is 0 Å². The highest BCUT2D eigenvalue weighted by atomic mass is 19.3. The lowest BCUT2D eigenvalue weighted by atomic mass is 9.73. The van der Waals surface area contributed by atoms with Gasteiger partial charge in [0.2, 0.25) is 6.41 Å². The summed E-state index contributed by atoms with van der Waals surface area (Å²) in [5.41, 5.74) is 2.13. The third kappa shape index (κ3) is 3.43. The number of alkyl halides is 2. The first-order valence-corrected chi connectivity index (χ1v) is 11.0. The normalized spacial score (nSPS) is 17.4. The highest BCUT2D eigenvalue weighted by Crippen LogP contribution is 2.42. The van der Waals surface area contributed by atoms with E-state index in [1.54, 1.807) is 4.52 Å². The quantitative estimate of drug-likeness (QED) is 0.451. The molecule has 1 N–H and O–H groups in total. The van der Waals surface area contributed by atoms with Crippen LogP contribution in [0.15, 0.2) is 36.8 Å². The van der Waals surface area contributed by atoms with E-state index in [0.29, 0.717) is 34.2 Å². The molecule has 4 aromatic rings. The number of hydrogen-bond acceptors (Lipinski definition) is 7. The number of fused-ring (bicyclic) bond motifs is 2. The van der Waals surface area contributed by atoms with Gasteiger partial charge in [0, 0.05) is 60.4 Å². The number of hydrogen-bond donors (Lipinski definition) is 1.